The van der Waals surface area contributed by atoms with Gasteiger partial charge in [-0.25, -0.2) is 0 Å². The van der Waals surface area contributed by atoms with Crippen molar-refractivity contribution in [2.75, 3.05) is 0 Å². The first kappa shape index (κ1) is 49.4. The Morgan fingerprint density at radius 3 is 0.525 bits per heavy atom. The fourth-order valence-electron chi connectivity index (χ4n) is 4.62. The van der Waals surface area contributed by atoms with Gasteiger partial charge < -0.3 is 0 Å². The average Bonchev–Trinajstić information content (AvgIpc) is 3.27. The summed E-state index contributed by atoms with van der Waals surface area (Å²) in [6.07, 6.45) is 20.4. The summed E-state index contributed by atoms with van der Waals surface area (Å²) < 4.78 is -0.750. The minimum absolute atomic E-state index is 0. The average molecular weight is 929 g/mol. The van der Waals surface area contributed by atoms with E-state index in [1.165, 1.54) is 0 Å². The van der Waals surface area contributed by atoms with Crippen LogP contribution in [0.4, 0.5) is 0 Å². The van der Waals surface area contributed by atoms with Gasteiger partial charge in [-0.2, -0.15) is 0 Å². The van der Waals surface area contributed by atoms with Crippen LogP contribution in [-0.2, 0) is 34.8 Å². The van der Waals surface area contributed by atoms with Crippen molar-refractivity contribution in [3.05, 3.63) is 252 Å². The largest absolute Gasteiger partial charge is 0.290 e. The van der Waals surface area contributed by atoms with Crippen molar-refractivity contribution in [1.29, 1.82) is 0 Å². The van der Waals surface area contributed by atoms with Crippen LogP contribution in [0.1, 0.15) is 33.4 Å². The normalized spacial score (nSPS) is 10.8. The zero-order valence-corrected chi connectivity index (χ0v) is 35.8. The zero-order valence-electron chi connectivity index (χ0n) is 32.0. The Morgan fingerprint density at radius 2 is 0.407 bits per heavy atom. The van der Waals surface area contributed by atoms with E-state index in [0.29, 0.717) is 0 Å². The molecule has 300 valence electrons. The van der Waals surface area contributed by atoms with Gasteiger partial charge in [0.15, 0.2) is 21.6 Å². The Balaban J connectivity index is 0.000000289. The summed E-state index contributed by atoms with van der Waals surface area (Å²) in [4.78, 5) is 34.8. The first-order valence-electron chi connectivity index (χ1n) is 18.2. The molecule has 0 spiro atoms. The number of alkyl halides is 3. The second-order valence-electron chi connectivity index (χ2n) is 11.9. The minimum atomic E-state index is -0.750. The van der Waals surface area contributed by atoms with Gasteiger partial charge in [0.1, 0.15) is 0 Å². The van der Waals surface area contributed by atoms with E-state index in [-0.39, 0.29) is 37.8 Å². The number of hydrogen-bond donors (Lipinski definition) is 0. The fourth-order valence-corrected chi connectivity index (χ4v) is 4.62. The Kier molecular flexibility index (Phi) is 26.2. The molecule has 6 rings (SSSR count). The van der Waals surface area contributed by atoms with Crippen LogP contribution in [0.5, 0.6) is 0 Å². The summed E-state index contributed by atoms with van der Waals surface area (Å²) in [5.41, 5.74) is 6.16. The van der Waals surface area contributed by atoms with E-state index in [9.17, 15) is 14.4 Å². The second-order valence-corrected chi connectivity index (χ2v) is 13.9. The van der Waals surface area contributed by atoms with Crippen molar-refractivity contribution < 1.29 is 34.8 Å². The predicted octanol–water partition coefficient (Wildman–Crippen LogP) is 13.9. The van der Waals surface area contributed by atoms with Crippen molar-refractivity contribution in [3.8, 4) is 0 Å². The number of hydrogen-bond acceptors (Lipinski definition) is 3. The smallest absolute Gasteiger partial charge is 0.180 e. The molecule has 0 fully saturated rings. The maximum absolute atomic E-state index is 11.6. The van der Waals surface area contributed by atoms with E-state index >= 15 is 0 Å². The van der Waals surface area contributed by atoms with Gasteiger partial charge in [-0.1, -0.05) is 253 Å². The van der Waals surface area contributed by atoms with Crippen molar-refractivity contribution >= 4 is 88.6 Å². The molecular formula is C52H43Cl3O3Pd. The quantitative estimate of drug-likeness (QED) is 0.0698. The zero-order chi connectivity index (χ0) is 41.5. The Morgan fingerprint density at radius 1 is 0.288 bits per heavy atom. The van der Waals surface area contributed by atoms with Crippen LogP contribution in [0.25, 0.3) is 36.5 Å². The van der Waals surface area contributed by atoms with Crippen molar-refractivity contribution in [3.63, 3.8) is 0 Å². The second kappa shape index (κ2) is 31.3. The van der Waals surface area contributed by atoms with Crippen molar-refractivity contribution in [2.45, 2.75) is 4.30 Å². The summed E-state index contributed by atoms with van der Waals surface area (Å²) in [7, 11) is 0. The SMILES string of the molecule is ClC(Cl)Cl.O=C(/C=C\c1ccccc1)/C=C/c1ccccc1.O=C(/C=C\c1ccccc1)/C=C/c1ccccc1.O=C(/C=C\c1ccccc1)/C=C/c1ccccc1.[Pd]. The monoisotopic (exact) mass is 926 g/mol. The summed E-state index contributed by atoms with van der Waals surface area (Å²) in [6.45, 7) is 0. The molecule has 7 heteroatoms. The van der Waals surface area contributed by atoms with E-state index in [1.54, 1.807) is 36.5 Å². The van der Waals surface area contributed by atoms with Crippen LogP contribution in [-0.4, -0.2) is 21.6 Å². The van der Waals surface area contributed by atoms with Gasteiger partial charge in [-0.3, -0.25) is 14.4 Å². The molecule has 0 aliphatic heterocycles. The molecule has 59 heavy (non-hydrogen) atoms. The summed E-state index contributed by atoms with van der Waals surface area (Å²) in [5.74, 6) is -0.0341. The first-order valence-corrected chi connectivity index (χ1v) is 19.5. The number of halogens is 3. The van der Waals surface area contributed by atoms with E-state index in [1.807, 2.05) is 218 Å². The van der Waals surface area contributed by atoms with Crippen LogP contribution in [0.3, 0.4) is 0 Å². The Labute approximate surface area is 377 Å². The topological polar surface area (TPSA) is 51.2 Å². The third-order valence-electron chi connectivity index (χ3n) is 7.44. The van der Waals surface area contributed by atoms with Gasteiger partial charge in [0.25, 0.3) is 0 Å². The molecule has 0 saturated heterocycles. The molecule has 0 amide bonds. The van der Waals surface area contributed by atoms with E-state index in [2.05, 4.69) is 0 Å². The molecule has 0 atom stereocenters. The van der Waals surface area contributed by atoms with Gasteiger partial charge in [0.05, 0.1) is 0 Å². The van der Waals surface area contributed by atoms with Crippen LogP contribution in [0.2, 0.25) is 0 Å². The molecule has 0 unspecified atom stereocenters. The van der Waals surface area contributed by atoms with Gasteiger partial charge in [0.2, 0.25) is 0 Å². The standard InChI is InChI=1S/3C17H14O.CHCl3.Pd/c3*18-17(13-11-15-7-3-1-4-8-15)14-12-16-9-5-2-6-10-16;2-1(3)4;/h3*1-14H;1H;/b3*13-11-,14-12+;;. The van der Waals surface area contributed by atoms with E-state index in [0.717, 1.165) is 33.4 Å². The van der Waals surface area contributed by atoms with Crippen molar-refractivity contribution in [1.82, 2.24) is 0 Å². The summed E-state index contributed by atoms with van der Waals surface area (Å²) in [5, 5.41) is 0. The third-order valence-corrected chi connectivity index (χ3v) is 7.44. The Hall–Kier alpha value is -5.70. The molecule has 0 aromatic heterocycles. The molecule has 0 saturated carbocycles. The molecule has 0 heterocycles. The molecule has 0 aliphatic carbocycles. The van der Waals surface area contributed by atoms with Crippen molar-refractivity contribution in [2.24, 2.45) is 0 Å². The minimum Gasteiger partial charge on any atom is -0.290 e. The fraction of sp³-hybridized carbons (Fsp3) is 0.0192. The van der Waals surface area contributed by atoms with Gasteiger partial charge >= 0.3 is 0 Å². The maximum atomic E-state index is 11.6. The number of carbonyl (C=O) groups excluding carboxylic acids is 3. The number of allylic oxidation sites excluding steroid dienone is 6. The molecule has 0 N–H and O–H groups in total. The van der Waals surface area contributed by atoms with Gasteiger partial charge in [0, 0.05) is 20.4 Å². The summed E-state index contributed by atoms with van der Waals surface area (Å²) >= 11 is 14.4. The number of ketones is 3. The number of rotatable bonds is 12. The number of carbonyl (C=O) groups is 3. The van der Waals surface area contributed by atoms with E-state index in [4.69, 9.17) is 34.8 Å². The van der Waals surface area contributed by atoms with Gasteiger partial charge in [-0.15, -0.1) is 0 Å². The van der Waals surface area contributed by atoms with Crippen LogP contribution >= 0.6 is 34.8 Å². The van der Waals surface area contributed by atoms with E-state index < -0.39 is 4.30 Å². The molecule has 6 aromatic carbocycles. The first-order chi connectivity index (χ1) is 28.3. The van der Waals surface area contributed by atoms with Crippen LogP contribution < -0.4 is 0 Å². The maximum Gasteiger partial charge on any atom is 0.180 e. The third kappa shape index (κ3) is 25.3. The van der Waals surface area contributed by atoms with Crippen LogP contribution in [0, 0.1) is 0 Å². The molecule has 3 nitrogen and oxygen atoms in total. The predicted molar refractivity (Wildman–Crippen MR) is 249 cm³/mol. The molecule has 0 aliphatic rings. The number of benzene rings is 6. The Bertz CT molecular complexity index is 1820. The van der Waals surface area contributed by atoms with Crippen LogP contribution in [0.15, 0.2) is 218 Å². The molecule has 0 radical (unpaired) electrons. The molecular weight excluding hydrogens is 885 g/mol. The molecule has 6 aromatic rings. The summed E-state index contributed by atoms with van der Waals surface area (Å²) in [6, 6.07) is 58.7. The molecule has 0 bridgehead atoms. The van der Waals surface area contributed by atoms with Gasteiger partial charge in [-0.05, 0) is 69.8 Å².